The van der Waals surface area contributed by atoms with E-state index in [-0.39, 0.29) is 18.4 Å². The number of pyridine rings is 1. The Morgan fingerprint density at radius 3 is 2.37 bits per heavy atom. The molecule has 3 aromatic rings. The van der Waals surface area contributed by atoms with Gasteiger partial charge >= 0.3 is 0 Å². The van der Waals surface area contributed by atoms with Crippen molar-refractivity contribution in [2.24, 2.45) is 0 Å². The Morgan fingerprint density at radius 2 is 1.67 bits per heavy atom. The lowest BCUT2D eigenvalue weighted by atomic mass is 10.0. The standard InChI is InChI=1S/C24H25N3O3/c1-16(2)19-8-7-17(3)22(13-19)30-15-23(28)26-20-5-4-6-21(14-20)27-24(29)18-9-11-25-12-10-18/h4-14,16H,15H2,1-3H3,(H,26,28)(H,27,29). The lowest BCUT2D eigenvalue weighted by Gasteiger charge is -2.13. The van der Waals surface area contributed by atoms with E-state index in [0.717, 1.165) is 11.1 Å². The first kappa shape index (κ1) is 21.0. The Labute approximate surface area is 176 Å². The van der Waals surface area contributed by atoms with E-state index >= 15 is 0 Å². The molecule has 0 saturated carbocycles. The molecule has 2 amide bonds. The highest BCUT2D eigenvalue weighted by atomic mass is 16.5. The van der Waals surface area contributed by atoms with Crippen molar-refractivity contribution in [2.45, 2.75) is 26.7 Å². The number of nitrogens with one attached hydrogen (secondary N) is 2. The van der Waals surface area contributed by atoms with Crippen molar-refractivity contribution in [2.75, 3.05) is 17.2 Å². The summed E-state index contributed by atoms with van der Waals surface area (Å²) in [4.78, 5) is 28.5. The van der Waals surface area contributed by atoms with Gasteiger partial charge in [0.1, 0.15) is 5.75 Å². The molecule has 0 aliphatic carbocycles. The minimum Gasteiger partial charge on any atom is -0.483 e. The fourth-order valence-electron chi connectivity index (χ4n) is 2.85. The molecule has 0 aliphatic heterocycles. The Kier molecular flexibility index (Phi) is 6.80. The predicted octanol–water partition coefficient (Wildman–Crippen LogP) is 4.78. The van der Waals surface area contributed by atoms with Crippen molar-refractivity contribution in [3.8, 4) is 5.75 Å². The van der Waals surface area contributed by atoms with Crippen molar-refractivity contribution in [3.63, 3.8) is 0 Å². The molecule has 0 unspecified atom stereocenters. The molecular weight excluding hydrogens is 378 g/mol. The number of ether oxygens (including phenoxy) is 1. The van der Waals surface area contributed by atoms with Gasteiger partial charge < -0.3 is 15.4 Å². The molecule has 0 spiro atoms. The summed E-state index contributed by atoms with van der Waals surface area (Å²) in [5.74, 6) is 0.563. The molecule has 1 heterocycles. The highest BCUT2D eigenvalue weighted by molar-refractivity contribution is 6.04. The lowest BCUT2D eigenvalue weighted by molar-refractivity contribution is -0.118. The number of rotatable bonds is 7. The normalized spacial score (nSPS) is 10.5. The van der Waals surface area contributed by atoms with Crippen molar-refractivity contribution in [1.29, 1.82) is 0 Å². The van der Waals surface area contributed by atoms with E-state index in [1.54, 1.807) is 48.8 Å². The largest absolute Gasteiger partial charge is 0.483 e. The quantitative estimate of drug-likeness (QED) is 0.595. The summed E-state index contributed by atoms with van der Waals surface area (Å²) in [6.07, 6.45) is 3.12. The van der Waals surface area contributed by atoms with Gasteiger partial charge in [-0.05, 0) is 60.4 Å². The Morgan fingerprint density at radius 1 is 0.967 bits per heavy atom. The SMILES string of the molecule is Cc1ccc(C(C)C)cc1OCC(=O)Nc1cccc(NC(=O)c2ccncc2)c1. The van der Waals surface area contributed by atoms with E-state index in [2.05, 4.69) is 35.5 Å². The monoisotopic (exact) mass is 403 g/mol. The zero-order valence-corrected chi connectivity index (χ0v) is 17.3. The second-order valence-electron chi connectivity index (χ2n) is 7.29. The van der Waals surface area contributed by atoms with E-state index in [9.17, 15) is 9.59 Å². The number of carbonyl (C=O) groups excluding carboxylic acids is 2. The molecule has 3 rings (SSSR count). The van der Waals surface area contributed by atoms with E-state index in [1.165, 1.54) is 0 Å². The van der Waals surface area contributed by atoms with Crippen molar-refractivity contribution in [1.82, 2.24) is 4.98 Å². The van der Waals surface area contributed by atoms with Crippen LogP contribution in [0.5, 0.6) is 5.75 Å². The molecule has 0 atom stereocenters. The molecule has 1 aromatic heterocycles. The van der Waals surface area contributed by atoms with Gasteiger partial charge in [0.25, 0.3) is 11.8 Å². The van der Waals surface area contributed by atoms with Gasteiger partial charge in [-0.3, -0.25) is 14.6 Å². The van der Waals surface area contributed by atoms with Crippen molar-refractivity contribution >= 4 is 23.2 Å². The minimum absolute atomic E-state index is 0.101. The van der Waals surface area contributed by atoms with Gasteiger partial charge in [0.05, 0.1) is 0 Å². The number of anilines is 2. The van der Waals surface area contributed by atoms with Crippen LogP contribution in [0.1, 0.15) is 41.3 Å². The first-order chi connectivity index (χ1) is 14.4. The molecule has 6 nitrogen and oxygen atoms in total. The molecule has 6 heteroatoms. The third kappa shape index (κ3) is 5.67. The molecule has 2 aromatic carbocycles. The lowest BCUT2D eigenvalue weighted by Crippen LogP contribution is -2.20. The first-order valence-electron chi connectivity index (χ1n) is 9.77. The highest BCUT2D eigenvalue weighted by Crippen LogP contribution is 2.24. The minimum atomic E-state index is -0.276. The number of benzene rings is 2. The Hall–Kier alpha value is -3.67. The number of aryl methyl sites for hydroxylation is 1. The summed E-state index contributed by atoms with van der Waals surface area (Å²) in [7, 11) is 0. The van der Waals surface area contributed by atoms with Crippen LogP contribution in [0.25, 0.3) is 0 Å². The third-order valence-corrected chi connectivity index (χ3v) is 4.58. The predicted molar refractivity (Wildman–Crippen MR) is 118 cm³/mol. The second-order valence-corrected chi connectivity index (χ2v) is 7.29. The van der Waals surface area contributed by atoms with Crippen LogP contribution in [0.3, 0.4) is 0 Å². The number of aromatic nitrogens is 1. The van der Waals surface area contributed by atoms with Crippen LogP contribution in [0.15, 0.2) is 67.0 Å². The van der Waals surface area contributed by atoms with Crippen LogP contribution in [-0.2, 0) is 4.79 Å². The average Bonchev–Trinajstić information content (AvgIpc) is 2.74. The smallest absolute Gasteiger partial charge is 0.262 e. The summed E-state index contributed by atoms with van der Waals surface area (Å²) >= 11 is 0. The van der Waals surface area contributed by atoms with E-state index < -0.39 is 0 Å². The number of hydrogen-bond donors (Lipinski definition) is 2. The molecule has 0 aliphatic rings. The average molecular weight is 403 g/mol. The summed E-state index contributed by atoms with van der Waals surface area (Å²) in [5, 5.41) is 5.60. The highest BCUT2D eigenvalue weighted by Gasteiger charge is 2.10. The van der Waals surface area contributed by atoms with Gasteiger partial charge in [0.15, 0.2) is 6.61 Å². The number of hydrogen-bond acceptors (Lipinski definition) is 4. The van der Waals surface area contributed by atoms with Crippen LogP contribution in [-0.4, -0.2) is 23.4 Å². The van der Waals surface area contributed by atoms with Gasteiger partial charge in [-0.1, -0.05) is 32.0 Å². The fourth-order valence-corrected chi connectivity index (χ4v) is 2.85. The fraction of sp³-hybridized carbons (Fsp3) is 0.208. The van der Waals surface area contributed by atoms with Crippen LogP contribution < -0.4 is 15.4 Å². The summed E-state index contributed by atoms with van der Waals surface area (Å²) in [5.41, 5.74) is 3.80. The van der Waals surface area contributed by atoms with Gasteiger partial charge in [-0.15, -0.1) is 0 Å². The first-order valence-corrected chi connectivity index (χ1v) is 9.77. The van der Waals surface area contributed by atoms with Crippen LogP contribution in [0.4, 0.5) is 11.4 Å². The maximum Gasteiger partial charge on any atom is 0.262 e. The van der Waals surface area contributed by atoms with Crippen LogP contribution in [0, 0.1) is 6.92 Å². The number of nitrogens with zero attached hydrogens (tertiary/aromatic N) is 1. The molecular formula is C24H25N3O3. The summed E-state index contributed by atoms with van der Waals surface area (Å²) < 4.78 is 5.73. The molecule has 0 bridgehead atoms. The summed E-state index contributed by atoms with van der Waals surface area (Å²) in [6.45, 7) is 6.07. The van der Waals surface area contributed by atoms with E-state index in [4.69, 9.17) is 4.74 Å². The van der Waals surface area contributed by atoms with Gasteiger partial charge in [-0.25, -0.2) is 0 Å². The van der Waals surface area contributed by atoms with Crippen molar-refractivity contribution < 1.29 is 14.3 Å². The molecule has 30 heavy (non-hydrogen) atoms. The maximum atomic E-state index is 12.3. The second kappa shape index (κ2) is 9.69. The van der Waals surface area contributed by atoms with Crippen LogP contribution in [0.2, 0.25) is 0 Å². The molecule has 2 N–H and O–H groups in total. The third-order valence-electron chi connectivity index (χ3n) is 4.58. The van der Waals surface area contributed by atoms with E-state index in [0.29, 0.717) is 28.6 Å². The van der Waals surface area contributed by atoms with Gasteiger partial charge in [0.2, 0.25) is 0 Å². The Balaban J connectivity index is 1.59. The summed E-state index contributed by atoms with van der Waals surface area (Å²) in [6, 6.07) is 16.3. The molecule has 0 radical (unpaired) electrons. The van der Waals surface area contributed by atoms with Gasteiger partial charge in [-0.2, -0.15) is 0 Å². The maximum absolute atomic E-state index is 12.3. The topological polar surface area (TPSA) is 80.3 Å². The van der Waals surface area contributed by atoms with Crippen LogP contribution >= 0.6 is 0 Å². The zero-order chi connectivity index (χ0) is 21.5. The molecule has 0 saturated heterocycles. The zero-order valence-electron chi connectivity index (χ0n) is 17.3. The van der Waals surface area contributed by atoms with E-state index in [1.807, 2.05) is 19.1 Å². The number of carbonyl (C=O) groups is 2. The van der Waals surface area contributed by atoms with Crippen molar-refractivity contribution in [3.05, 3.63) is 83.7 Å². The number of amides is 2. The van der Waals surface area contributed by atoms with Gasteiger partial charge in [0, 0.05) is 29.3 Å². The molecule has 0 fully saturated rings. The Bertz CT molecular complexity index is 1030. The molecule has 154 valence electrons.